The lowest BCUT2D eigenvalue weighted by molar-refractivity contribution is -0.161. The van der Waals surface area contributed by atoms with Crippen LogP contribution in [-0.4, -0.2) is 12.6 Å². The average Bonchev–Trinajstić information content (AvgIpc) is 3.28. The highest BCUT2D eigenvalue weighted by Gasteiger charge is 2.40. The number of halogens is 2. The quantitative estimate of drug-likeness (QED) is 0.185. The molecule has 6 heteroatoms. The highest BCUT2D eigenvalue weighted by atomic mass is 127. The summed E-state index contributed by atoms with van der Waals surface area (Å²) in [5, 5.41) is 0. The Morgan fingerprint density at radius 3 is 2.57 bits per heavy atom. The fraction of sp³-hybridized carbons (Fsp3) is 0.276. The minimum atomic E-state index is -0.768. The number of hydrogen-bond donors (Lipinski definition) is 1. The maximum atomic E-state index is 13.8. The van der Waals surface area contributed by atoms with E-state index in [1.807, 2.05) is 20.8 Å². The van der Waals surface area contributed by atoms with Gasteiger partial charge in [0.25, 0.3) is 0 Å². The molecule has 0 amide bonds. The standard InChI is InChI=1S/C29H28FIO3S/c1-17-11-23(35-19(3)13-20-7-5-6-8-25(20)35)12-18(2)28(17)33-16-26(32)34-29(4)10-9-21-14-22(30)15-24(31)27(21)29/h5-8,11-15,35H,9-10,16H2,1-4H3. The Balaban J connectivity index is 1.31. The number of allylic oxidation sites excluding steroid dienone is 1. The zero-order valence-electron chi connectivity index (χ0n) is 20.2. The highest BCUT2D eigenvalue weighted by molar-refractivity contribution is 14.1. The molecule has 0 N–H and O–H groups in total. The molecule has 1 aliphatic heterocycles. The van der Waals surface area contributed by atoms with Crippen molar-refractivity contribution in [2.45, 2.75) is 55.9 Å². The van der Waals surface area contributed by atoms with Gasteiger partial charge in [-0.25, -0.2) is 9.18 Å². The van der Waals surface area contributed by atoms with Gasteiger partial charge in [-0.1, -0.05) is 18.2 Å². The second-order valence-corrected chi connectivity index (χ2v) is 13.0. The van der Waals surface area contributed by atoms with E-state index in [1.54, 1.807) is 6.07 Å². The number of carbonyl (C=O) groups is 1. The summed E-state index contributed by atoms with van der Waals surface area (Å²) in [6.07, 6.45) is 3.61. The number of aryl methyl sites for hydroxylation is 3. The molecule has 2 atom stereocenters. The van der Waals surface area contributed by atoms with Crippen molar-refractivity contribution in [1.82, 2.24) is 0 Å². The SMILES string of the molecule is CC1=Cc2ccccc2[SH]1c1cc(C)c(OCC(=O)OC2(C)CCc3cc(F)cc(I)c32)c(C)c1. The summed E-state index contributed by atoms with van der Waals surface area (Å²) in [7, 11) is -0.544. The van der Waals surface area contributed by atoms with Crippen LogP contribution < -0.4 is 4.74 Å². The molecule has 0 saturated heterocycles. The monoisotopic (exact) mass is 602 g/mol. The second kappa shape index (κ2) is 9.28. The van der Waals surface area contributed by atoms with E-state index in [0.717, 1.165) is 31.6 Å². The number of benzene rings is 3. The molecule has 1 heterocycles. The molecule has 3 aromatic carbocycles. The molecule has 0 bridgehead atoms. The predicted octanol–water partition coefficient (Wildman–Crippen LogP) is 7.62. The largest absolute Gasteiger partial charge is 0.481 e. The van der Waals surface area contributed by atoms with Crippen LogP contribution in [0.15, 0.2) is 63.2 Å². The summed E-state index contributed by atoms with van der Waals surface area (Å²) in [6, 6.07) is 16.0. The first-order chi connectivity index (χ1) is 16.7. The van der Waals surface area contributed by atoms with Gasteiger partial charge in [-0.3, -0.25) is 0 Å². The number of rotatable bonds is 5. The number of esters is 1. The van der Waals surface area contributed by atoms with Crippen molar-refractivity contribution in [3.05, 3.63) is 90.6 Å². The molecule has 0 radical (unpaired) electrons. The molecule has 1 aliphatic carbocycles. The van der Waals surface area contributed by atoms with Gasteiger partial charge in [-0.15, -0.1) is 0 Å². The summed E-state index contributed by atoms with van der Waals surface area (Å²) in [6.45, 7) is 7.99. The van der Waals surface area contributed by atoms with Gasteiger partial charge in [0.2, 0.25) is 0 Å². The van der Waals surface area contributed by atoms with Crippen LogP contribution in [0.5, 0.6) is 5.75 Å². The number of carbonyl (C=O) groups excluding carboxylic acids is 1. The Bertz CT molecular complexity index is 1360. The van der Waals surface area contributed by atoms with Gasteiger partial charge >= 0.3 is 5.97 Å². The van der Waals surface area contributed by atoms with Crippen molar-refractivity contribution in [1.29, 1.82) is 0 Å². The van der Waals surface area contributed by atoms with Gasteiger partial charge in [0.15, 0.2) is 6.61 Å². The molecule has 182 valence electrons. The van der Waals surface area contributed by atoms with Gasteiger partial charge in [0, 0.05) is 14.0 Å². The second-order valence-electron chi connectivity index (χ2n) is 9.50. The third kappa shape index (κ3) is 4.51. The number of thiol groups is 1. The van der Waals surface area contributed by atoms with Crippen molar-refractivity contribution >= 4 is 45.5 Å². The number of fused-ring (bicyclic) bond motifs is 2. The molecular weight excluding hydrogens is 574 g/mol. The first-order valence-electron chi connectivity index (χ1n) is 11.7. The molecule has 2 aliphatic rings. The Morgan fingerprint density at radius 2 is 1.83 bits per heavy atom. The van der Waals surface area contributed by atoms with E-state index in [-0.39, 0.29) is 12.4 Å². The van der Waals surface area contributed by atoms with E-state index in [2.05, 4.69) is 72.0 Å². The molecule has 0 spiro atoms. The summed E-state index contributed by atoms with van der Waals surface area (Å²) in [5.74, 6) is 0.0503. The Kier molecular flexibility index (Phi) is 6.46. The summed E-state index contributed by atoms with van der Waals surface area (Å²) in [5.41, 5.74) is 4.37. The maximum absolute atomic E-state index is 13.8. The Labute approximate surface area is 222 Å². The molecule has 35 heavy (non-hydrogen) atoms. The molecule has 0 aromatic heterocycles. The van der Waals surface area contributed by atoms with Crippen LogP contribution in [0.25, 0.3) is 6.08 Å². The minimum absolute atomic E-state index is 0.166. The molecule has 5 rings (SSSR count). The van der Waals surface area contributed by atoms with E-state index >= 15 is 0 Å². The van der Waals surface area contributed by atoms with E-state index in [0.29, 0.717) is 12.8 Å². The lowest BCUT2D eigenvalue weighted by atomic mass is 9.98. The molecule has 0 saturated carbocycles. The van der Waals surface area contributed by atoms with Crippen molar-refractivity contribution in [3.8, 4) is 5.75 Å². The smallest absolute Gasteiger partial charge is 0.345 e. The van der Waals surface area contributed by atoms with Gasteiger partial charge in [-0.05, 0) is 132 Å². The van der Waals surface area contributed by atoms with Crippen LogP contribution in [-0.2, 0) is 21.6 Å². The summed E-state index contributed by atoms with van der Waals surface area (Å²) in [4.78, 5) is 16.9. The first-order valence-corrected chi connectivity index (χ1v) is 14.1. The van der Waals surface area contributed by atoms with E-state index in [4.69, 9.17) is 9.47 Å². The number of ether oxygens (including phenoxy) is 2. The van der Waals surface area contributed by atoms with Crippen LogP contribution in [0.1, 0.15) is 48.1 Å². The van der Waals surface area contributed by atoms with E-state index in [9.17, 15) is 9.18 Å². The van der Waals surface area contributed by atoms with Crippen LogP contribution in [0, 0.1) is 23.2 Å². The fourth-order valence-electron chi connectivity index (χ4n) is 5.35. The third-order valence-electron chi connectivity index (χ3n) is 6.81. The summed E-state index contributed by atoms with van der Waals surface area (Å²) < 4.78 is 26.5. The van der Waals surface area contributed by atoms with Crippen molar-refractivity contribution in [2.24, 2.45) is 0 Å². The highest BCUT2D eigenvalue weighted by Crippen LogP contribution is 2.57. The predicted molar refractivity (Wildman–Crippen MR) is 148 cm³/mol. The van der Waals surface area contributed by atoms with Crippen LogP contribution in [0.4, 0.5) is 4.39 Å². The topological polar surface area (TPSA) is 35.5 Å². The van der Waals surface area contributed by atoms with Crippen molar-refractivity contribution in [2.75, 3.05) is 6.61 Å². The van der Waals surface area contributed by atoms with Gasteiger partial charge < -0.3 is 9.47 Å². The number of hydrogen-bond acceptors (Lipinski definition) is 3. The Morgan fingerprint density at radius 1 is 1.11 bits per heavy atom. The Hall–Kier alpha value is -2.32. The molecule has 2 unspecified atom stereocenters. The van der Waals surface area contributed by atoms with Crippen LogP contribution in [0.3, 0.4) is 0 Å². The van der Waals surface area contributed by atoms with Crippen molar-refractivity contribution in [3.63, 3.8) is 0 Å². The third-order valence-corrected chi connectivity index (χ3v) is 10.2. The van der Waals surface area contributed by atoms with Gasteiger partial charge in [-0.2, -0.15) is 10.9 Å². The lowest BCUT2D eigenvalue weighted by Gasteiger charge is -2.27. The van der Waals surface area contributed by atoms with Crippen LogP contribution >= 0.6 is 33.5 Å². The summed E-state index contributed by atoms with van der Waals surface area (Å²) >= 11 is 2.12. The van der Waals surface area contributed by atoms with E-state index < -0.39 is 22.5 Å². The lowest BCUT2D eigenvalue weighted by Crippen LogP contribution is -2.30. The average molecular weight is 603 g/mol. The zero-order chi connectivity index (χ0) is 24.9. The van der Waals surface area contributed by atoms with Crippen molar-refractivity contribution < 1.29 is 18.7 Å². The van der Waals surface area contributed by atoms with Gasteiger partial charge in [0.05, 0.1) is 0 Å². The molecule has 3 aromatic rings. The normalized spacial score (nSPS) is 21.3. The minimum Gasteiger partial charge on any atom is -0.481 e. The van der Waals surface area contributed by atoms with E-state index in [1.165, 1.54) is 26.3 Å². The maximum Gasteiger partial charge on any atom is 0.345 e. The first kappa shape index (κ1) is 24.4. The molecule has 0 fully saturated rings. The molecular formula is C29H28FIO3S. The fourth-order valence-corrected chi connectivity index (χ4v) is 9.17. The van der Waals surface area contributed by atoms with Crippen LogP contribution in [0.2, 0.25) is 0 Å². The zero-order valence-corrected chi connectivity index (χ0v) is 23.3. The van der Waals surface area contributed by atoms with Gasteiger partial charge in [0.1, 0.15) is 17.2 Å². The molecule has 3 nitrogen and oxygen atoms in total.